The quantitative estimate of drug-likeness (QED) is 0.852. The smallest absolute Gasteiger partial charge is 0.226 e. The molecule has 0 radical (unpaired) electrons. The lowest BCUT2D eigenvalue weighted by Crippen LogP contribution is -2.17. The molecule has 1 heterocycles. The van der Waals surface area contributed by atoms with Gasteiger partial charge in [0, 0.05) is 29.4 Å². The van der Waals surface area contributed by atoms with E-state index in [1.54, 1.807) is 22.6 Å². The van der Waals surface area contributed by atoms with Gasteiger partial charge in [-0.1, -0.05) is 6.07 Å². The average Bonchev–Trinajstić information content (AvgIpc) is 2.92. The van der Waals surface area contributed by atoms with Gasteiger partial charge in [0.05, 0.1) is 6.04 Å². The van der Waals surface area contributed by atoms with Crippen LogP contribution >= 0.6 is 11.8 Å². The van der Waals surface area contributed by atoms with E-state index in [2.05, 4.69) is 10.4 Å². The summed E-state index contributed by atoms with van der Waals surface area (Å²) in [5, 5.41) is 7.05. The summed E-state index contributed by atoms with van der Waals surface area (Å²) in [5.41, 5.74) is 0.838. The lowest BCUT2D eigenvalue weighted by molar-refractivity contribution is -0.116. The van der Waals surface area contributed by atoms with Crippen molar-refractivity contribution in [2.45, 2.75) is 24.3 Å². The number of carbonyl (C=O) groups is 1. The van der Waals surface area contributed by atoms with E-state index >= 15 is 0 Å². The van der Waals surface area contributed by atoms with Crippen molar-refractivity contribution in [3.05, 3.63) is 42.7 Å². The molecule has 0 fully saturated rings. The maximum absolute atomic E-state index is 12.0. The Morgan fingerprint density at radius 1 is 1.47 bits per heavy atom. The second-order valence-corrected chi connectivity index (χ2v) is 5.20. The third kappa shape index (κ3) is 3.86. The van der Waals surface area contributed by atoms with Crippen molar-refractivity contribution in [2.75, 3.05) is 11.6 Å². The lowest BCUT2D eigenvalue weighted by atomic mass is 10.2. The highest BCUT2D eigenvalue weighted by Crippen LogP contribution is 2.19. The fourth-order valence-corrected chi connectivity index (χ4v) is 2.28. The number of rotatable bonds is 5. The zero-order valence-electron chi connectivity index (χ0n) is 11.0. The average molecular weight is 275 g/mol. The van der Waals surface area contributed by atoms with E-state index < -0.39 is 0 Å². The molecular formula is C14H17N3OS. The lowest BCUT2D eigenvalue weighted by Gasteiger charge is -2.12. The van der Waals surface area contributed by atoms with Crippen molar-refractivity contribution in [1.29, 1.82) is 0 Å². The molecule has 19 heavy (non-hydrogen) atoms. The van der Waals surface area contributed by atoms with E-state index in [0.29, 0.717) is 6.42 Å². The third-order valence-corrected chi connectivity index (χ3v) is 3.54. The van der Waals surface area contributed by atoms with Crippen molar-refractivity contribution >= 4 is 23.4 Å². The first-order chi connectivity index (χ1) is 9.19. The van der Waals surface area contributed by atoms with E-state index in [4.69, 9.17) is 0 Å². The Morgan fingerprint density at radius 3 is 3.00 bits per heavy atom. The molecule has 0 aliphatic rings. The van der Waals surface area contributed by atoms with Gasteiger partial charge in [-0.05, 0) is 37.4 Å². The van der Waals surface area contributed by atoms with Crippen LogP contribution in [-0.4, -0.2) is 21.9 Å². The highest BCUT2D eigenvalue weighted by atomic mass is 32.2. The highest BCUT2D eigenvalue weighted by Gasteiger charge is 2.11. The van der Waals surface area contributed by atoms with Crippen LogP contribution in [0, 0.1) is 0 Å². The molecule has 0 saturated heterocycles. The molecule has 1 atom stereocenters. The number of nitrogens with one attached hydrogen (secondary N) is 1. The number of hydrogen-bond donors (Lipinski definition) is 1. The normalized spacial score (nSPS) is 12.1. The fourth-order valence-electron chi connectivity index (χ4n) is 1.82. The van der Waals surface area contributed by atoms with Crippen LogP contribution in [0.15, 0.2) is 47.6 Å². The van der Waals surface area contributed by atoms with Crippen molar-refractivity contribution < 1.29 is 4.79 Å². The SMILES string of the molecule is CSc1cccc(NC(=O)C[C@@H](C)n2cccn2)c1. The van der Waals surface area contributed by atoms with Gasteiger partial charge in [0.1, 0.15) is 0 Å². The van der Waals surface area contributed by atoms with Gasteiger partial charge in [0.25, 0.3) is 0 Å². The fraction of sp³-hybridized carbons (Fsp3) is 0.286. The molecule has 0 bridgehead atoms. The summed E-state index contributed by atoms with van der Waals surface area (Å²) in [6.07, 6.45) is 6.01. The summed E-state index contributed by atoms with van der Waals surface area (Å²) < 4.78 is 1.79. The number of nitrogens with zero attached hydrogens (tertiary/aromatic N) is 2. The van der Waals surface area contributed by atoms with E-state index in [-0.39, 0.29) is 11.9 Å². The number of thioether (sulfide) groups is 1. The number of hydrogen-bond acceptors (Lipinski definition) is 3. The Kier molecular flexibility index (Phi) is 4.63. The molecule has 1 amide bonds. The van der Waals surface area contributed by atoms with Crippen LogP contribution in [0.4, 0.5) is 5.69 Å². The van der Waals surface area contributed by atoms with Gasteiger partial charge in [-0.15, -0.1) is 11.8 Å². The van der Waals surface area contributed by atoms with Crippen molar-refractivity contribution in [3.8, 4) is 0 Å². The van der Waals surface area contributed by atoms with E-state index in [0.717, 1.165) is 10.6 Å². The van der Waals surface area contributed by atoms with Crippen LogP contribution < -0.4 is 5.32 Å². The Balaban J connectivity index is 1.93. The molecule has 0 spiro atoms. The Morgan fingerprint density at radius 2 is 2.32 bits per heavy atom. The minimum atomic E-state index is 0.00116. The molecule has 5 heteroatoms. The predicted molar refractivity (Wildman–Crippen MR) is 78.4 cm³/mol. The summed E-state index contributed by atoms with van der Waals surface area (Å²) >= 11 is 1.66. The Labute approximate surface area is 117 Å². The van der Waals surface area contributed by atoms with Crippen molar-refractivity contribution in [2.24, 2.45) is 0 Å². The van der Waals surface area contributed by atoms with Crippen LogP contribution in [0.3, 0.4) is 0 Å². The van der Waals surface area contributed by atoms with Crippen LogP contribution in [0.2, 0.25) is 0 Å². The minimum absolute atomic E-state index is 0.00116. The molecule has 1 N–H and O–H groups in total. The maximum Gasteiger partial charge on any atom is 0.226 e. The number of carbonyl (C=O) groups excluding carboxylic acids is 1. The molecule has 2 aromatic rings. The molecule has 0 aliphatic carbocycles. The number of amides is 1. The second kappa shape index (κ2) is 6.43. The Hall–Kier alpha value is -1.75. The standard InChI is InChI=1S/C14H17N3OS/c1-11(17-8-4-7-15-17)9-14(18)16-12-5-3-6-13(10-12)19-2/h3-8,10-11H,9H2,1-2H3,(H,16,18)/t11-/m1/s1. The van der Waals surface area contributed by atoms with Gasteiger partial charge in [0.2, 0.25) is 5.91 Å². The van der Waals surface area contributed by atoms with Gasteiger partial charge in [-0.3, -0.25) is 9.48 Å². The highest BCUT2D eigenvalue weighted by molar-refractivity contribution is 7.98. The summed E-state index contributed by atoms with van der Waals surface area (Å²) in [6, 6.07) is 9.75. The molecule has 100 valence electrons. The van der Waals surface area contributed by atoms with Crippen molar-refractivity contribution in [1.82, 2.24) is 9.78 Å². The number of anilines is 1. The molecular weight excluding hydrogens is 258 g/mol. The topological polar surface area (TPSA) is 46.9 Å². The van der Waals surface area contributed by atoms with Crippen LogP contribution in [-0.2, 0) is 4.79 Å². The van der Waals surface area contributed by atoms with Crippen molar-refractivity contribution in [3.63, 3.8) is 0 Å². The molecule has 0 unspecified atom stereocenters. The summed E-state index contributed by atoms with van der Waals surface area (Å²) in [4.78, 5) is 13.1. The van der Waals surface area contributed by atoms with Gasteiger partial charge >= 0.3 is 0 Å². The first-order valence-electron chi connectivity index (χ1n) is 6.12. The summed E-state index contributed by atoms with van der Waals surface area (Å²) in [5.74, 6) is 0.00116. The monoisotopic (exact) mass is 275 g/mol. The molecule has 1 aromatic carbocycles. The van der Waals surface area contributed by atoms with E-state index in [1.165, 1.54) is 0 Å². The zero-order chi connectivity index (χ0) is 13.7. The zero-order valence-corrected chi connectivity index (χ0v) is 11.9. The van der Waals surface area contributed by atoms with Gasteiger partial charge in [-0.2, -0.15) is 5.10 Å². The number of benzene rings is 1. The largest absolute Gasteiger partial charge is 0.326 e. The first kappa shape index (κ1) is 13.7. The first-order valence-corrected chi connectivity index (χ1v) is 7.34. The third-order valence-electron chi connectivity index (χ3n) is 2.81. The van der Waals surface area contributed by atoms with Gasteiger partial charge < -0.3 is 5.32 Å². The van der Waals surface area contributed by atoms with Gasteiger partial charge in [0.15, 0.2) is 0 Å². The molecule has 2 rings (SSSR count). The summed E-state index contributed by atoms with van der Waals surface area (Å²) in [7, 11) is 0. The van der Waals surface area contributed by atoms with E-state index in [1.807, 2.05) is 49.7 Å². The van der Waals surface area contributed by atoms with Crippen LogP contribution in [0.1, 0.15) is 19.4 Å². The van der Waals surface area contributed by atoms with Gasteiger partial charge in [-0.25, -0.2) is 0 Å². The maximum atomic E-state index is 12.0. The summed E-state index contributed by atoms with van der Waals surface area (Å²) in [6.45, 7) is 1.98. The molecule has 0 saturated carbocycles. The van der Waals surface area contributed by atoms with Crippen LogP contribution in [0.25, 0.3) is 0 Å². The second-order valence-electron chi connectivity index (χ2n) is 4.32. The predicted octanol–water partition coefficient (Wildman–Crippen LogP) is 3.19. The minimum Gasteiger partial charge on any atom is -0.326 e. The molecule has 0 aliphatic heterocycles. The Bertz CT molecular complexity index is 539. The van der Waals surface area contributed by atoms with Crippen LogP contribution in [0.5, 0.6) is 0 Å². The molecule has 1 aromatic heterocycles. The molecule has 4 nitrogen and oxygen atoms in total. The number of aromatic nitrogens is 2. The van der Waals surface area contributed by atoms with E-state index in [9.17, 15) is 4.79 Å².